The van der Waals surface area contributed by atoms with Crippen LogP contribution >= 0.6 is 0 Å². The van der Waals surface area contributed by atoms with Crippen LogP contribution in [0.3, 0.4) is 0 Å². The molecule has 2 atom stereocenters. The molecule has 4 nitrogen and oxygen atoms in total. The first-order valence-electron chi connectivity index (χ1n) is 7.49. The van der Waals surface area contributed by atoms with Crippen molar-refractivity contribution in [2.24, 2.45) is 9.98 Å². The fourth-order valence-electron chi connectivity index (χ4n) is 2.54. The molecule has 1 aliphatic rings. The van der Waals surface area contributed by atoms with E-state index in [1.807, 2.05) is 60.7 Å². The third-order valence-electron chi connectivity index (χ3n) is 3.72. The lowest BCUT2D eigenvalue weighted by Crippen LogP contribution is -2.20. The van der Waals surface area contributed by atoms with Gasteiger partial charge in [-0.3, -0.25) is 9.98 Å². The number of aliphatic imine (C=N–C) groups is 2. The number of benzene rings is 2. The van der Waals surface area contributed by atoms with E-state index in [4.69, 9.17) is 0 Å². The van der Waals surface area contributed by atoms with Crippen LogP contribution in [0.4, 0.5) is 0 Å². The van der Waals surface area contributed by atoms with E-state index in [1.54, 1.807) is 12.4 Å². The standard InChI is InChI=1S/C18H18N2O2S/c21-23(22)13-17(19-11-15-7-3-1-4-8-15)18(14-23)20-12-16-9-5-2-6-10-16/h1-12,17-18H,13-14H2/t17-,18-/m1/s1. The van der Waals surface area contributed by atoms with Crippen LogP contribution < -0.4 is 0 Å². The van der Waals surface area contributed by atoms with Crippen molar-refractivity contribution in [3.05, 3.63) is 71.8 Å². The highest BCUT2D eigenvalue weighted by molar-refractivity contribution is 7.91. The van der Waals surface area contributed by atoms with Crippen molar-refractivity contribution in [2.45, 2.75) is 12.1 Å². The van der Waals surface area contributed by atoms with Crippen molar-refractivity contribution in [3.8, 4) is 0 Å². The molecule has 0 aliphatic carbocycles. The quantitative estimate of drug-likeness (QED) is 0.810. The Morgan fingerprint density at radius 2 is 1.13 bits per heavy atom. The Labute approximate surface area is 136 Å². The summed E-state index contributed by atoms with van der Waals surface area (Å²) in [5, 5.41) is 0. The van der Waals surface area contributed by atoms with E-state index >= 15 is 0 Å². The van der Waals surface area contributed by atoms with E-state index in [0.717, 1.165) is 11.1 Å². The second-order valence-electron chi connectivity index (χ2n) is 5.59. The molecule has 0 aromatic heterocycles. The van der Waals surface area contributed by atoms with Crippen LogP contribution in [0.2, 0.25) is 0 Å². The third-order valence-corrected chi connectivity index (χ3v) is 5.42. The first-order chi connectivity index (χ1) is 11.1. The van der Waals surface area contributed by atoms with E-state index < -0.39 is 9.84 Å². The molecule has 23 heavy (non-hydrogen) atoms. The Morgan fingerprint density at radius 3 is 1.52 bits per heavy atom. The summed E-state index contributed by atoms with van der Waals surface area (Å²) in [6.45, 7) is 0. The highest BCUT2D eigenvalue weighted by Gasteiger charge is 2.36. The molecule has 0 amide bonds. The van der Waals surface area contributed by atoms with Crippen molar-refractivity contribution in [3.63, 3.8) is 0 Å². The highest BCUT2D eigenvalue weighted by Crippen LogP contribution is 2.19. The van der Waals surface area contributed by atoms with E-state index in [2.05, 4.69) is 9.98 Å². The van der Waals surface area contributed by atoms with Crippen molar-refractivity contribution >= 4 is 22.3 Å². The van der Waals surface area contributed by atoms with E-state index in [9.17, 15) is 8.42 Å². The van der Waals surface area contributed by atoms with E-state index in [1.165, 1.54) is 0 Å². The summed E-state index contributed by atoms with van der Waals surface area (Å²) in [5.41, 5.74) is 1.92. The molecule has 0 spiro atoms. The number of hydrogen-bond acceptors (Lipinski definition) is 4. The van der Waals surface area contributed by atoms with Crippen molar-refractivity contribution < 1.29 is 8.42 Å². The maximum absolute atomic E-state index is 11.9. The Morgan fingerprint density at radius 1 is 0.739 bits per heavy atom. The molecule has 0 saturated carbocycles. The van der Waals surface area contributed by atoms with Gasteiger partial charge in [0.15, 0.2) is 9.84 Å². The van der Waals surface area contributed by atoms with Gasteiger partial charge in [-0.15, -0.1) is 0 Å². The first kappa shape index (κ1) is 15.6. The van der Waals surface area contributed by atoms with Gasteiger partial charge < -0.3 is 0 Å². The Balaban J connectivity index is 1.77. The molecule has 5 heteroatoms. The molecule has 0 unspecified atom stereocenters. The van der Waals surface area contributed by atoms with Crippen LogP contribution in [0.1, 0.15) is 11.1 Å². The van der Waals surface area contributed by atoms with Gasteiger partial charge in [0.2, 0.25) is 0 Å². The number of hydrogen-bond donors (Lipinski definition) is 0. The average molecular weight is 326 g/mol. The molecule has 3 rings (SSSR count). The van der Waals surface area contributed by atoms with Crippen molar-refractivity contribution in [1.29, 1.82) is 0 Å². The number of sulfone groups is 1. The molecule has 0 radical (unpaired) electrons. The summed E-state index contributed by atoms with van der Waals surface area (Å²) < 4.78 is 23.9. The predicted molar refractivity (Wildman–Crippen MR) is 94.3 cm³/mol. The smallest absolute Gasteiger partial charge is 0.154 e. The summed E-state index contributed by atoms with van der Waals surface area (Å²) >= 11 is 0. The maximum atomic E-state index is 11.9. The zero-order valence-electron chi connectivity index (χ0n) is 12.6. The second kappa shape index (κ2) is 6.87. The summed E-state index contributed by atoms with van der Waals surface area (Å²) in [4.78, 5) is 8.93. The maximum Gasteiger partial charge on any atom is 0.154 e. The van der Waals surface area contributed by atoms with Crippen LogP contribution in [0.5, 0.6) is 0 Å². The molecule has 1 fully saturated rings. The summed E-state index contributed by atoms with van der Waals surface area (Å²) in [5.74, 6) is 0.125. The molecule has 0 N–H and O–H groups in total. The van der Waals surface area contributed by atoms with Gasteiger partial charge in [0.1, 0.15) is 0 Å². The minimum Gasteiger partial charge on any atom is -0.286 e. The monoisotopic (exact) mass is 326 g/mol. The Kier molecular flexibility index (Phi) is 4.67. The largest absolute Gasteiger partial charge is 0.286 e. The zero-order chi connectivity index (χ0) is 16.1. The van der Waals surface area contributed by atoms with Gasteiger partial charge in [-0.25, -0.2) is 8.42 Å². The van der Waals surface area contributed by atoms with Crippen LogP contribution in [0.15, 0.2) is 70.6 Å². The minimum absolute atomic E-state index is 0.0626. The van der Waals surface area contributed by atoms with Gasteiger partial charge in [0.25, 0.3) is 0 Å². The number of nitrogens with zero attached hydrogens (tertiary/aromatic N) is 2. The Hall–Kier alpha value is -2.27. The first-order valence-corrected chi connectivity index (χ1v) is 9.31. The topological polar surface area (TPSA) is 58.9 Å². The summed E-state index contributed by atoms with van der Waals surface area (Å²) in [6, 6.07) is 18.7. The van der Waals surface area contributed by atoms with Crippen molar-refractivity contribution in [2.75, 3.05) is 11.5 Å². The molecule has 118 valence electrons. The lowest BCUT2D eigenvalue weighted by molar-refractivity contribution is 0.601. The van der Waals surface area contributed by atoms with Gasteiger partial charge in [0.05, 0.1) is 23.6 Å². The summed E-state index contributed by atoms with van der Waals surface area (Å²) in [6.07, 6.45) is 3.47. The third kappa shape index (κ3) is 4.36. The molecule has 2 aromatic carbocycles. The SMILES string of the molecule is O=S1(=O)C[C@@H](N=Cc2ccccc2)[C@H](N=Cc2ccccc2)C1. The second-order valence-corrected chi connectivity index (χ2v) is 7.74. The molecule has 1 heterocycles. The van der Waals surface area contributed by atoms with Gasteiger partial charge in [-0.2, -0.15) is 0 Å². The normalized spacial score (nSPS) is 23.7. The van der Waals surface area contributed by atoms with Gasteiger partial charge >= 0.3 is 0 Å². The molecule has 0 bridgehead atoms. The van der Waals surface area contributed by atoms with Gasteiger partial charge in [0, 0.05) is 12.4 Å². The van der Waals surface area contributed by atoms with E-state index in [0.29, 0.717) is 0 Å². The molecular formula is C18H18N2O2S. The average Bonchev–Trinajstić information content (AvgIpc) is 2.87. The van der Waals surface area contributed by atoms with Crippen LogP contribution in [0.25, 0.3) is 0 Å². The minimum atomic E-state index is -3.08. The molecule has 2 aromatic rings. The summed E-state index contributed by atoms with van der Waals surface area (Å²) in [7, 11) is -3.08. The fraction of sp³-hybridized carbons (Fsp3) is 0.222. The van der Waals surface area contributed by atoms with Gasteiger partial charge in [-0.05, 0) is 11.1 Å². The van der Waals surface area contributed by atoms with Crippen LogP contribution in [-0.4, -0.2) is 44.4 Å². The predicted octanol–water partition coefficient (Wildman–Crippen LogP) is 2.39. The fourth-order valence-corrected chi connectivity index (χ4v) is 4.33. The zero-order valence-corrected chi connectivity index (χ0v) is 13.4. The lowest BCUT2D eigenvalue weighted by Gasteiger charge is -2.08. The van der Waals surface area contributed by atoms with Crippen LogP contribution in [0, 0.1) is 0 Å². The van der Waals surface area contributed by atoms with Crippen molar-refractivity contribution in [1.82, 2.24) is 0 Å². The van der Waals surface area contributed by atoms with E-state index in [-0.39, 0.29) is 23.6 Å². The van der Waals surface area contributed by atoms with Gasteiger partial charge in [-0.1, -0.05) is 60.7 Å². The number of rotatable bonds is 4. The highest BCUT2D eigenvalue weighted by atomic mass is 32.2. The molecule has 1 saturated heterocycles. The molecular weight excluding hydrogens is 308 g/mol. The molecule has 1 aliphatic heterocycles. The van der Waals surface area contributed by atoms with Crippen LogP contribution in [-0.2, 0) is 9.84 Å². The Bertz CT molecular complexity index is 736. The lowest BCUT2D eigenvalue weighted by atomic mass is 10.2.